The fourth-order valence-corrected chi connectivity index (χ4v) is 3.40. The zero-order valence-corrected chi connectivity index (χ0v) is 12.5. The third-order valence-corrected chi connectivity index (χ3v) is 4.88. The van der Waals surface area contributed by atoms with Crippen molar-refractivity contribution in [2.45, 2.75) is 38.3 Å². The van der Waals surface area contributed by atoms with Crippen molar-refractivity contribution < 1.29 is 0 Å². The summed E-state index contributed by atoms with van der Waals surface area (Å²) in [5, 5.41) is 5.57. The van der Waals surface area contributed by atoms with Gasteiger partial charge in [0.2, 0.25) is 0 Å². The molecule has 19 heavy (non-hydrogen) atoms. The van der Waals surface area contributed by atoms with Gasteiger partial charge in [0.15, 0.2) is 0 Å². The molecule has 0 saturated heterocycles. The molecule has 0 aliphatic heterocycles. The lowest BCUT2D eigenvalue weighted by Gasteiger charge is -2.36. The highest BCUT2D eigenvalue weighted by molar-refractivity contribution is 7.11. The second kappa shape index (κ2) is 5.61. The van der Waals surface area contributed by atoms with Crippen LogP contribution in [0.5, 0.6) is 0 Å². The molecule has 4 heteroatoms. The first-order chi connectivity index (χ1) is 9.20. The Morgan fingerprint density at radius 3 is 2.68 bits per heavy atom. The second-order valence-electron chi connectivity index (χ2n) is 5.14. The molecule has 1 aliphatic carbocycles. The normalized spacial score (nSPS) is 22.2. The van der Waals surface area contributed by atoms with Crippen molar-refractivity contribution in [3.8, 4) is 0 Å². The second-order valence-corrected chi connectivity index (χ2v) is 6.90. The first-order valence-electron chi connectivity index (χ1n) is 6.61. The average molecular weight is 293 g/mol. The minimum Gasteiger partial charge on any atom is -0.309 e. The van der Waals surface area contributed by atoms with Crippen molar-refractivity contribution in [2.24, 2.45) is 0 Å². The molecule has 2 aromatic rings. The smallest absolute Gasteiger partial charge is 0.0897 e. The van der Waals surface area contributed by atoms with Gasteiger partial charge in [0.05, 0.1) is 5.01 Å². The molecular weight excluding hydrogens is 276 g/mol. The highest BCUT2D eigenvalue weighted by Gasteiger charge is 2.29. The van der Waals surface area contributed by atoms with E-state index in [0.29, 0.717) is 12.0 Å². The van der Waals surface area contributed by atoms with Gasteiger partial charge in [0.1, 0.15) is 0 Å². The number of aryl methyl sites for hydroxylation is 1. The molecule has 1 heterocycles. The molecule has 0 amide bonds. The summed E-state index contributed by atoms with van der Waals surface area (Å²) in [6.07, 6.45) is 4.42. The van der Waals surface area contributed by atoms with Crippen molar-refractivity contribution in [3.63, 3.8) is 0 Å². The quantitative estimate of drug-likeness (QED) is 0.916. The standard InChI is InChI=1S/C15H17ClN2S/c1-10-17-8-15(19-10)9-18-14-6-12(7-14)11-2-4-13(16)5-3-11/h2-5,8,12,14,18H,6-7,9H2,1H3. The van der Waals surface area contributed by atoms with E-state index in [2.05, 4.69) is 22.4 Å². The summed E-state index contributed by atoms with van der Waals surface area (Å²) in [6, 6.07) is 8.91. The van der Waals surface area contributed by atoms with E-state index in [-0.39, 0.29) is 0 Å². The first kappa shape index (κ1) is 13.1. The number of rotatable bonds is 4. The van der Waals surface area contributed by atoms with Crippen LogP contribution < -0.4 is 5.32 Å². The summed E-state index contributed by atoms with van der Waals surface area (Å²) in [5.41, 5.74) is 1.41. The van der Waals surface area contributed by atoms with Crippen molar-refractivity contribution >= 4 is 22.9 Å². The molecule has 0 bridgehead atoms. The van der Waals surface area contributed by atoms with E-state index in [4.69, 9.17) is 11.6 Å². The molecule has 1 fully saturated rings. The van der Waals surface area contributed by atoms with Gasteiger partial charge in [0.25, 0.3) is 0 Å². The van der Waals surface area contributed by atoms with Gasteiger partial charge in [-0.25, -0.2) is 4.98 Å². The van der Waals surface area contributed by atoms with Crippen molar-refractivity contribution in [1.29, 1.82) is 0 Å². The SMILES string of the molecule is Cc1ncc(CNC2CC(c3ccc(Cl)cc3)C2)s1. The van der Waals surface area contributed by atoms with Crippen LogP contribution in [-0.4, -0.2) is 11.0 Å². The van der Waals surface area contributed by atoms with Gasteiger partial charge < -0.3 is 5.32 Å². The number of halogens is 1. The Morgan fingerprint density at radius 1 is 1.32 bits per heavy atom. The number of hydrogen-bond acceptors (Lipinski definition) is 3. The number of thiazole rings is 1. The molecule has 1 aromatic heterocycles. The van der Waals surface area contributed by atoms with Crippen molar-refractivity contribution in [3.05, 3.63) is 50.9 Å². The van der Waals surface area contributed by atoms with Gasteiger partial charge >= 0.3 is 0 Å². The topological polar surface area (TPSA) is 24.9 Å². The molecular formula is C15H17ClN2S. The predicted molar refractivity (Wildman–Crippen MR) is 80.9 cm³/mol. The summed E-state index contributed by atoms with van der Waals surface area (Å²) in [4.78, 5) is 5.60. The van der Waals surface area contributed by atoms with Crippen LogP contribution in [0.4, 0.5) is 0 Å². The van der Waals surface area contributed by atoms with E-state index in [9.17, 15) is 0 Å². The lowest BCUT2D eigenvalue weighted by molar-refractivity contribution is 0.290. The van der Waals surface area contributed by atoms with Crippen molar-refractivity contribution in [2.75, 3.05) is 0 Å². The first-order valence-corrected chi connectivity index (χ1v) is 7.80. The molecule has 100 valence electrons. The van der Waals surface area contributed by atoms with E-state index >= 15 is 0 Å². The summed E-state index contributed by atoms with van der Waals surface area (Å²) in [7, 11) is 0. The van der Waals surface area contributed by atoms with Crippen LogP contribution in [0.3, 0.4) is 0 Å². The van der Waals surface area contributed by atoms with Crippen LogP contribution in [0.1, 0.15) is 34.2 Å². The maximum Gasteiger partial charge on any atom is 0.0897 e. The van der Waals surface area contributed by atoms with Crippen LogP contribution in [0.2, 0.25) is 5.02 Å². The van der Waals surface area contributed by atoms with Gasteiger partial charge in [-0.05, 0) is 43.4 Å². The highest BCUT2D eigenvalue weighted by atomic mass is 35.5. The Kier molecular flexibility index (Phi) is 3.87. The van der Waals surface area contributed by atoms with Gasteiger partial charge in [-0.2, -0.15) is 0 Å². The van der Waals surface area contributed by atoms with Crippen molar-refractivity contribution in [1.82, 2.24) is 10.3 Å². The molecule has 1 N–H and O–H groups in total. The maximum atomic E-state index is 5.91. The minimum absolute atomic E-state index is 0.642. The fraction of sp³-hybridized carbons (Fsp3) is 0.400. The Bertz CT molecular complexity index is 544. The van der Waals surface area contributed by atoms with E-state index in [1.54, 1.807) is 11.3 Å². The molecule has 3 rings (SSSR count). The molecule has 0 atom stereocenters. The third-order valence-electron chi connectivity index (χ3n) is 3.71. The van der Waals surface area contributed by atoms with E-state index in [1.807, 2.05) is 25.3 Å². The number of nitrogens with one attached hydrogen (secondary N) is 1. The Labute approximate surface area is 122 Å². The lowest BCUT2D eigenvalue weighted by atomic mass is 9.76. The number of aromatic nitrogens is 1. The summed E-state index contributed by atoms with van der Waals surface area (Å²) >= 11 is 7.68. The average Bonchev–Trinajstić information content (AvgIpc) is 2.75. The van der Waals surface area contributed by atoms with Gasteiger partial charge in [-0.15, -0.1) is 11.3 Å². The van der Waals surface area contributed by atoms with E-state index in [1.165, 1.54) is 23.3 Å². The molecule has 0 radical (unpaired) electrons. The molecule has 1 saturated carbocycles. The summed E-state index contributed by atoms with van der Waals surface area (Å²) in [6.45, 7) is 3.00. The van der Waals surface area contributed by atoms with E-state index < -0.39 is 0 Å². The van der Waals surface area contributed by atoms with Crippen LogP contribution in [0.25, 0.3) is 0 Å². The summed E-state index contributed by atoms with van der Waals surface area (Å²) < 4.78 is 0. The van der Waals surface area contributed by atoms with Crippen LogP contribution >= 0.6 is 22.9 Å². The molecule has 0 unspecified atom stereocenters. The van der Waals surface area contributed by atoms with Gasteiger partial charge in [0, 0.05) is 28.7 Å². The largest absolute Gasteiger partial charge is 0.309 e. The predicted octanol–water partition coefficient (Wildman–Crippen LogP) is 4.14. The fourth-order valence-electron chi connectivity index (χ4n) is 2.52. The van der Waals surface area contributed by atoms with Gasteiger partial charge in [-0.3, -0.25) is 0 Å². The number of benzene rings is 1. The van der Waals surface area contributed by atoms with Crippen LogP contribution in [0.15, 0.2) is 30.5 Å². The van der Waals surface area contributed by atoms with Gasteiger partial charge in [-0.1, -0.05) is 23.7 Å². The number of hydrogen-bond donors (Lipinski definition) is 1. The van der Waals surface area contributed by atoms with Crippen LogP contribution in [0, 0.1) is 6.92 Å². The molecule has 2 nitrogen and oxygen atoms in total. The Balaban J connectivity index is 1.46. The van der Waals surface area contributed by atoms with E-state index in [0.717, 1.165) is 16.6 Å². The van der Waals surface area contributed by atoms with Crippen LogP contribution in [-0.2, 0) is 6.54 Å². The lowest BCUT2D eigenvalue weighted by Crippen LogP contribution is -2.39. The Hall–Kier alpha value is -0.900. The number of nitrogens with zero attached hydrogens (tertiary/aromatic N) is 1. The monoisotopic (exact) mass is 292 g/mol. The zero-order chi connectivity index (χ0) is 13.2. The molecule has 1 aromatic carbocycles. The zero-order valence-electron chi connectivity index (χ0n) is 10.9. The summed E-state index contributed by atoms with van der Waals surface area (Å²) in [5.74, 6) is 0.693. The maximum absolute atomic E-state index is 5.91. The third kappa shape index (κ3) is 3.16. The molecule has 1 aliphatic rings. The highest BCUT2D eigenvalue weighted by Crippen LogP contribution is 2.37. The molecule has 0 spiro atoms. The minimum atomic E-state index is 0.642. The Morgan fingerprint density at radius 2 is 2.05 bits per heavy atom.